The van der Waals surface area contributed by atoms with Crippen molar-refractivity contribution in [1.29, 1.82) is 0 Å². The minimum atomic E-state index is -0.148. The summed E-state index contributed by atoms with van der Waals surface area (Å²) in [6.07, 6.45) is 14.6. The molecule has 0 saturated heterocycles. The van der Waals surface area contributed by atoms with Gasteiger partial charge in [-0.05, 0) is 18.4 Å². The van der Waals surface area contributed by atoms with Crippen LogP contribution in [0, 0.1) is 0 Å². The first-order chi connectivity index (χ1) is 14.7. The Labute approximate surface area is 184 Å². The van der Waals surface area contributed by atoms with Crippen molar-refractivity contribution in [3.63, 3.8) is 0 Å². The van der Waals surface area contributed by atoms with Gasteiger partial charge in [-0.1, -0.05) is 108 Å². The van der Waals surface area contributed by atoms with E-state index in [4.69, 9.17) is 4.74 Å². The molecular weight excluding hydrogens is 374 g/mol. The fourth-order valence-corrected chi connectivity index (χ4v) is 3.77. The highest BCUT2D eigenvalue weighted by Gasteiger charge is 2.17. The Kier molecular flexibility index (Phi) is 16.3. The maximum Gasteiger partial charge on any atom is 0.222 e. The molecule has 0 aliphatic carbocycles. The van der Waals surface area contributed by atoms with Crippen LogP contribution in [0.2, 0.25) is 0 Å². The Bertz CT molecular complexity index is 520. The first-order valence-corrected chi connectivity index (χ1v) is 12.2. The average molecular weight is 420 g/mol. The molecular formula is C26H45NO3. The molecule has 2 N–H and O–H groups in total. The van der Waals surface area contributed by atoms with E-state index in [-0.39, 0.29) is 24.7 Å². The van der Waals surface area contributed by atoms with E-state index in [2.05, 4.69) is 31.3 Å². The van der Waals surface area contributed by atoms with E-state index in [9.17, 15) is 9.90 Å². The third-order valence-corrected chi connectivity index (χ3v) is 5.59. The number of ether oxygens (including phenoxy) is 1. The normalized spacial score (nSPS) is 13.2. The zero-order valence-corrected chi connectivity index (χ0v) is 19.4. The minimum Gasteiger partial charge on any atom is -0.394 e. The van der Waals surface area contributed by atoms with Crippen molar-refractivity contribution in [2.75, 3.05) is 6.61 Å². The molecule has 1 aromatic carbocycles. The second-order valence-electron chi connectivity index (χ2n) is 8.48. The van der Waals surface area contributed by atoms with E-state index >= 15 is 0 Å². The first kappa shape index (κ1) is 26.6. The van der Waals surface area contributed by atoms with E-state index in [1.807, 2.05) is 18.2 Å². The summed E-state index contributed by atoms with van der Waals surface area (Å²) in [7, 11) is 0. The van der Waals surface area contributed by atoms with Crippen LogP contribution in [0.15, 0.2) is 30.3 Å². The Balaban J connectivity index is 2.37. The van der Waals surface area contributed by atoms with Crippen LogP contribution in [0.25, 0.3) is 0 Å². The lowest BCUT2D eigenvalue weighted by molar-refractivity contribution is -0.125. The van der Waals surface area contributed by atoms with Crippen molar-refractivity contribution in [3.8, 4) is 0 Å². The summed E-state index contributed by atoms with van der Waals surface area (Å²) in [4.78, 5) is 12.5. The Morgan fingerprint density at radius 1 is 0.900 bits per heavy atom. The number of aliphatic hydroxyl groups excluding tert-OH is 1. The van der Waals surface area contributed by atoms with Crippen LogP contribution >= 0.6 is 0 Å². The van der Waals surface area contributed by atoms with Gasteiger partial charge in [0, 0.05) is 0 Å². The number of hydrogen-bond donors (Lipinski definition) is 2. The Hall–Kier alpha value is -1.39. The molecule has 0 aliphatic heterocycles. The van der Waals surface area contributed by atoms with Crippen LogP contribution < -0.4 is 5.32 Å². The van der Waals surface area contributed by atoms with Crippen LogP contribution in [0.1, 0.15) is 103 Å². The summed E-state index contributed by atoms with van der Waals surface area (Å²) in [5, 5.41) is 12.4. The summed E-state index contributed by atoms with van der Waals surface area (Å²) < 4.78 is 6.12. The van der Waals surface area contributed by atoms with Crippen LogP contribution in [0.4, 0.5) is 0 Å². The fraction of sp³-hybridized carbons (Fsp3) is 0.731. The molecule has 1 aromatic rings. The summed E-state index contributed by atoms with van der Waals surface area (Å²) in [5.74, 6) is -0.0171. The van der Waals surface area contributed by atoms with Crippen LogP contribution in [-0.2, 0) is 16.1 Å². The smallest absolute Gasteiger partial charge is 0.222 e. The maximum atomic E-state index is 12.5. The highest BCUT2D eigenvalue weighted by Crippen LogP contribution is 2.16. The van der Waals surface area contributed by atoms with Gasteiger partial charge in [0.25, 0.3) is 0 Å². The molecule has 30 heavy (non-hydrogen) atoms. The summed E-state index contributed by atoms with van der Waals surface area (Å²) in [6.45, 7) is 4.84. The predicted molar refractivity (Wildman–Crippen MR) is 125 cm³/mol. The molecule has 0 aromatic heterocycles. The van der Waals surface area contributed by atoms with Gasteiger partial charge in [-0.3, -0.25) is 4.79 Å². The van der Waals surface area contributed by atoms with E-state index in [1.165, 1.54) is 51.4 Å². The summed E-state index contributed by atoms with van der Waals surface area (Å²) in [6, 6.07) is 9.98. The largest absolute Gasteiger partial charge is 0.394 e. The molecule has 4 nitrogen and oxygen atoms in total. The molecule has 0 radical (unpaired) electrons. The van der Waals surface area contributed by atoms with E-state index < -0.39 is 0 Å². The average Bonchev–Trinajstić information content (AvgIpc) is 2.76. The van der Waals surface area contributed by atoms with Crippen molar-refractivity contribution in [1.82, 2.24) is 5.32 Å². The molecule has 1 amide bonds. The third kappa shape index (κ3) is 13.8. The summed E-state index contributed by atoms with van der Waals surface area (Å²) in [5.41, 5.74) is 1.13. The molecule has 2 atom stereocenters. The third-order valence-electron chi connectivity index (χ3n) is 5.59. The number of carbonyl (C=O) groups is 1. The number of unbranched alkanes of at least 4 members (excludes halogenated alkanes) is 8. The monoisotopic (exact) mass is 419 g/mol. The van der Waals surface area contributed by atoms with Gasteiger partial charge in [0.15, 0.2) is 0 Å². The van der Waals surface area contributed by atoms with Gasteiger partial charge < -0.3 is 15.2 Å². The zero-order valence-electron chi connectivity index (χ0n) is 19.4. The van der Waals surface area contributed by atoms with E-state index in [1.54, 1.807) is 0 Å². The number of benzene rings is 1. The predicted octanol–water partition coefficient (Wildman–Crippen LogP) is 6.16. The Morgan fingerprint density at radius 3 is 2.13 bits per heavy atom. The zero-order chi connectivity index (χ0) is 21.9. The highest BCUT2D eigenvalue weighted by molar-refractivity contribution is 5.76. The van der Waals surface area contributed by atoms with Crippen molar-refractivity contribution >= 4 is 5.91 Å². The number of amides is 1. The number of aliphatic hydroxyl groups is 1. The van der Waals surface area contributed by atoms with Crippen LogP contribution in [0.3, 0.4) is 0 Å². The van der Waals surface area contributed by atoms with Crippen molar-refractivity contribution in [3.05, 3.63) is 35.9 Å². The number of nitrogens with one attached hydrogen (secondary N) is 1. The molecule has 0 heterocycles. The van der Waals surface area contributed by atoms with Crippen molar-refractivity contribution < 1.29 is 14.6 Å². The maximum absolute atomic E-state index is 12.5. The van der Waals surface area contributed by atoms with E-state index in [0.29, 0.717) is 13.0 Å². The Morgan fingerprint density at radius 2 is 1.53 bits per heavy atom. The number of carbonyl (C=O) groups excluding carboxylic acids is 1. The lowest BCUT2D eigenvalue weighted by Crippen LogP contribution is -2.39. The van der Waals surface area contributed by atoms with Gasteiger partial charge in [0.2, 0.25) is 5.91 Å². The van der Waals surface area contributed by atoms with Crippen LogP contribution in [-0.4, -0.2) is 29.8 Å². The van der Waals surface area contributed by atoms with Crippen LogP contribution in [0.5, 0.6) is 0 Å². The van der Waals surface area contributed by atoms with Gasteiger partial charge >= 0.3 is 0 Å². The molecule has 1 unspecified atom stereocenters. The standard InChI is InChI=1S/C26H45NO3/c1-3-5-6-7-8-9-10-11-15-19-25(30-22-23-17-13-12-14-18-23)20-26(29)27-24(21-28)16-4-2/h12-14,17-18,24-25,28H,3-11,15-16,19-22H2,1-2H3,(H,27,29)/t24?,25-/m1/s1. The molecule has 0 bridgehead atoms. The fourth-order valence-electron chi connectivity index (χ4n) is 3.77. The lowest BCUT2D eigenvalue weighted by atomic mass is 10.0. The first-order valence-electron chi connectivity index (χ1n) is 12.2. The van der Waals surface area contributed by atoms with Crippen molar-refractivity contribution in [2.24, 2.45) is 0 Å². The minimum absolute atomic E-state index is 0.00657. The highest BCUT2D eigenvalue weighted by atomic mass is 16.5. The van der Waals surface area contributed by atoms with E-state index in [0.717, 1.165) is 31.2 Å². The van der Waals surface area contributed by atoms with Gasteiger partial charge in [0.1, 0.15) is 0 Å². The SMILES string of the molecule is CCCCCCCCCCC[C@H](CC(=O)NC(CO)CCC)OCc1ccccc1. The van der Waals surface area contributed by atoms with Crippen molar-refractivity contribution in [2.45, 2.75) is 116 Å². The quantitative estimate of drug-likeness (QED) is 0.264. The number of rotatable bonds is 19. The van der Waals surface area contributed by atoms with Gasteiger partial charge in [-0.25, -0.2) is 0 Å². The summed E-state index contributed by atoms with van der Waals surface area (Å²) >= 11 is 0. The molecule has 0 saturated carbocycles. The molecule has 0 spiro atoms. The molecule has 4 heteroatoms. The topological polar surface area (TPSA) is 58.6 Å². The van der Waals surface area contributed by atoms with Gasteiger partial charge in [-0.2, -0.15) is 0 Å². The second-order valence-corrected chi connectivity index (χ2v) is 8.48. The molecule has 0 aliphatic rings. The van der Waals surface area contributed by atoms with Gasteiger partial charge in [-0.15, -0.1) is 0 Å². The molecule has 0 fully saturated rings. The van der Waals surface area contributed by atoms with Gasteiger partial charge in [0.05, 0.1) is 31.8 Å². The number of hydrogen-bond acceptors (Lipinski definition) is 3. The molecule has 172 valence electrons. The second kappa shape index (κ2) is 18.4. The molecule has 1 rings (SSSR count). The lowest BCUT2D eigenvalue weighted by Gasteiger charge is -2.20.